The summed E-state index contributed by atoms with van der Waals surface area (Å²) in [4.78, 5) is 14.9. The molecular formula is C23H39F3N4O. The van der Waals surface area contributed by atoms with Gasteiger partial charge in [-0.3, -0.25) is 9.48 Å². The van der Waals surface area contributed by atoms with E-state index < -0.39 is 11.9 Å². The molecule has 178 valence electrons. The summed E-state index contributed by atoms with van der Waals surface area (Å²) in [6, 6.07) is 1.14. The minimum absolute atomic E-state index is 0.00186. The first-order valence-corrected chi connectivity index (χ1v) is 11.9. The molecule has 1 aliphatic carbocycles. The Morgan fingerprint density at radius 3 is 2.32 bits per heavy atom. The topological polar surface area (TPSA) is 50.2 Å². The van der Waals surface area contributed by atoms with E-state index in [1.807, 2.05) is 6.92 Å². The highest BCUT2D eigenvalue weighted by atomic mass is 19.4. The van der Waals surface area contributed by atoms with E-state index in [0.717, 1.165) is 51.4 Å². The van der Waals surface area contributed by atoms with Crippen molar-refractivity contribution in [2.24, 2.45) is 0 Å². The summed E-state index contributed by atoms with van der Waals surface area (Å²) in [6.07, 6.45) is 4.55. The van der Waals surface area contributed by atoms with Crippen molar-refractivity contribution >= 4 is 5.91 Å². The van der Waals surface area contributed by atoms with Gasteiger partial charge in [-0.05, 0) is 51.8 Å². The highest BCUT2D eigenvalue weighted by molar-refractivity contribution is 5.76. The summed E-state index contributed by atoms with van der Waals surface area (Å²) in [6.45, 7) is 9.43. The maximum atomic E-state index is 13.0. The third kappa shape index (κ3) is 9.21. The van der Waals surface area contributed by atoms with E-state index in [1.54, 1.807) is 0 Å². The lowest BCUT2D eigenvalue weighted by Crippen LogP contribution is -2.43. The van der Waals surface area contributed by atoms with Crippen molar-refractivity contribution in [1.82, 2.24) is 20.0 Å². The van der Waals surface area contributed by atoms with Gasteiger partial charge in [0.1, 0.15) is 0 Å². The molecule has 1 N–H and O–H groups in total. The number of aryl methyl sites for hydroxylation is 1. The van der Waals surface area contributed by atoms with Crippen LogP contribution in [0.1, 0.15) is 95.9 Å². The third-order valence-electron chi connectivity index (χ3n) is 5.74. The Labute approximate surface area is 184 Å². The standard InChI is InChI=1S/C23H39F3N4O/c1-4-6-8-13-29(14-9-7-5-2)17-18(3)27-22(31)12-15-30-20(19-10-11-19)16-21(28-30)23(24,25)26/h16,18-19H,4-15,17H2,1-3H3,(H,27,31). The number of hydrogen-bond acceptors (Lipinski definition) is 3. The number of amides is 1. The minimum Gasteiger partial charge on any atom is -0.352 e. The van der Waals surface area contributed by atoms with Crippen LogP contribution in [0.5, 0.6) is 0 Å². The summed E-state index contributed by atoms with van der Waals surface area (Å²) in [7, 11) is 0. The Balaban J connectivity index is 1.83. The highest BCUT2D eigenvalue weighted by Gasteiger charge is 2.37. The fraction of sp³-hybridized carbons (Fsp3) is 0.826. The van der Waals surface area contributed by atoms with Crippen LogP contribution in [-0.4, -0.2) is 46.3 Å². The molecule has 0 aliphatic heterocycles. The maximum Gasteiger partial charge on any atom is 0.435 e. The van der Waals surface area contributed by atoms with Crippen LogP contribution in [0.2, 0.25) is 0 Å². The second-order valence-electron chi connectivity index (χ2n) is 8.88. The fourth-order valence-electron chi connectivity index (χ4n) is 3.91. The molecule has 1 atom stereocenters. The summed E-state index contributed by atoms with van der Waals surface area (Å²) in [5.41, 5.74) is -0.260. The molecule has 5 nitrogen and oxygen atoms in total. The predicted molar refractivity (Wildman–Crippen MR) is 117 cm³/mol. The molecule has 1 fully saturated rings. The average Bonchev–Trinajstić information content (AvgIpc) is 3.44. The van der Waals surface area contributed by atoms with E-state index in [9.17, 15) is 18.0 Å². The minimum atomic E-state index is -4.45. The van der Waals surface area contributed by atoms with E-state index in [4.69, 9.17) is 0 Å². The van der Waals surface area contributed by atoms with Crippen LogP contribution < -0.4 is 5.32 Å². The first kappa shape index (κ1) is 25.7. The summed E-state index contributed by atoms with van der Waals surface area (Å²) >= 11 is 0. The predicted octanol–water partition coefficient (Wildman–Crippen LogP) is 5.36. The average molecular weight is 445 g/mol. The Morgan fingerprint density at radius 1 is 1.19 bits per heavy atom. The molecule has 1 amide bonds. The number of nitrogens with one attached hydrogen (secondary N) is 1. The van der Waals surface area contributed by atoms with Gasteiger partial charge >= 0.3 is 6.18 Å². The normalized spacial score (nSPS) is 15.5. The lowest BCUT2D eigenvalue weighted by atomic mass is 10.2. The van der Waals surface area contributed by atoms with Gasteiger partial charge in [0.05, 0.1) is 0 Å². The largest absolute Gasteiger partial charge is 0.435 e. The van der Waals surface area contributed by atoms with Crippen molar-refractivity contribution in [3.8, 4) is 0 Å². The number of aromatic nitrogens is 2. The number of hydrogen-bond donors (Lipinski definition) is 1. The van der Waals surface area contributed by atoms with Crippen LogP contribution in [0.15, 0.2) is 6.07 Å². The summed E-state index contributed by atoms with van der Waals surface area (Å²) in [5.74, 6) is 0.00533. The van der Waals surface area contributed by atoms with Crippen molar-refractivity contribution in [2.45, 2.75) is 103 Å². The van der Waals surface area contributed by atoms with Crippen LogP contribution in [-0.2, 0) is 17.5 Å². The van der Waals surface area contributed by atoms with Crippen LogP contribution in [0.4, 0.5) is 13.2 Å². The van der Waals surface area contributed by atoms with Gasteiger partial charge in [-0.25, -0.2) is 0 Å². The number of halogens is 3. The third-order valence-corrected chi connectivity index (χ3v) is 5.74. The van der Waals surface area contributed by atoms with E-state index in [1.165, 1.54) is 30.4 Å². The number of alkyl halides is 3. The lowest BCUT2D eigenvalue weighted by molar-refractivity contribution is -0.141. The molecule has 1 unspecified atom stereocenters. The van der Waals surface area contributed by atoms with Gasteiger partial charge in [0.15, 0.2) is 5.69 Å². The molecule has 1 saturated carbocycles. The summed E-state index contributed by atoms with van der Waals surface area (Å²) < 4.78 is 40.4. The van der Waals surface area contributed by atoms with Crippen LogP contribution >= 0.6 is 0 Å². The van der Waals surface area contributed by atoms with Gasteiger partial charge in [-0.1, -0.05) is 39.5 Å². The zero-order chi connectivity index (χ0) is 22.9. The Morgan fingerprint density at radius 2 is 1.81 bits per heavy atom. The van der Waals surface area contributed by atoms with E-state index in [2.05, 4.69) is 29.2 Å². The van der Waals surface area contributed by atoms with Gasteiger partial charge in [-0.15, -0.1) is 0 Å². The fourth-order valence-corrected chi connectivity index (χ4v) is 3.91. The molecular weight excluding hydrogens is 405 g/mol. The number of carbonyl (C=O) groups is 1. The monoisotopic (exact) mass is 444 g/mol. The van der Waals surface area contributed by atoms with Crippen LogP contribution in [0, 0.1) is 0 Å². The molecule has 0 aromatic carbocycles. The highest BCUT2D eigenvalue weighted by Crippen LogP contribution is 2.42. The smallest absolute Gasteiger partial charge is 0.352 e. The summed E-state index contributed by atoms with van der Waals surface area (Å²) in [5, 5.41) is 6.75. The molecule has 0 bridgehead atoms. The molecule has 2 rings (SSSR count). The van der Waals surface area contributed by atoms with Crippen molar-refractivity contribution in [3.05, 3.63) is 17.5 Å². The first-order chi connectivity index (χ1) is 14.7. The quantitative estimate of drug-likeness (QED) is 0.371. The Hall–Kier alpha value is -1.57. The molecule has 1 aliphatic rings. The number of unbranched alkanes of at least 4 members (excludes halogenated alkanes) is 4. The lowest BCUT2D eigenvalue weighted by Gasteiger charge is -2.26. The van der Waals surface area contributed by atoms with Crippen molar-refractivity contribution < 1.29 is 18.0 Å². The zero-order valence-corrected chi connectivity index (χ0v) is 19.3. The maximum absolute atomic E-state index is 13.0. The van der Waals surface area contributed by atoms with Gasteiger partial charge in [0.25, 0.3) is 0 Å². The molecule has 0 spiro atoms. The zero-order valence-electron chi connectivity index (χ0n) is 19.3. The molecule has 0 saturated heterocycles. The number of rotatable bonds is 15. The van der Waals surface area contributed by atoms with Crippen molar-refractivity contribution in [3.63, 3.8) is 0 Å². The SMILES string of the molecule is CCCCCN(CCCCC)CC(C)NC(=O)CCn1nc(C(F)(F)F)cc1C1CC1. The van der Waals surface area contributed by atoms with Crippen molar-refractivity contribution in [1.29, 1.82) is 0 Å². The van der Waals surface area contributed by atoms with E-state index >= 15 is 0 Å². The molecule has 0 radical (unpaired) electrons. The van der Waals surface area contributed by atoms with E-state index in [0.29, 0.717) is 5.69 Å². The Bertz CT molecular complexity index is 660. The number of nitrogens with zero attached hydrogens (tertiary/aromatic N) is 3. The molecule has 1 aromatic heterocycles. The van der Waals surface area contributed by atoms with Gasteiger partial charge in [0.2, 0.25) is 5.91 Å². The Kier molecular flexibility index (Phi) is 10.3. The van der Waals surface area contributed by atoms with Gasteiger partial charge in [-0.2, -0.15) is 18.3 Å². The molecule has 31 heavy (non-hydrogen) atoms. The number of carbonyl (C=O) groups excluding carboxylic acids is 1. The second kappa shape index (κ2) is 12.5. The van der Waals surface area contributed by atoms with Crippen molar-refractivity contribution in [2.75, 3.05) is 19.6 Å². The molecule has 8 heteroatoms. The molecule has 1 aromatic rings. The van der Waals surface area contributed by atoms with Gasteiger partial charge < -0.3 is 10.2 Å². The molecule has 1 heterocycles. The van der Waals surface area contributed by atoms with Gasteiger partial charge in [0, 0.05) is 37.2 Å². The van der Waals surface area contributed by atoms with Crippen LogP contribution in [0.3, 0.4) is 0 Å². The second-order valence-corrected chi connectivity index (χ2v) is 8.88. The van der Waals surface area contributed by atoms with E-state index in [-0.39, 0.29) is 30.8 Å². The van der Waals surface area contributed by atoms with Crippen LogP contribution in [0.25, 0.3) is 0 Å². The first-order valence-electron chi connectivity index (χ1n) is 11.9.